The fourth-order valence-electron chi connectivity index (χ4n) is 1.27. The van der Waals surface area contributed by atoms with Crippen LogP contribution in [0.4, 0.5) is 5.82 Å². The first kappa shape index (κ1) is 8.50. The van der Waals surface area contributed by atoms with Crippen LogP contribution in [-0.4, -0.2) is 14.4 Å². The van der Waals surface area contributed by atoms with E-state index >= 15 is 0 Å². The van der Waals surface area contributed by atoms with Gasteiger partial charge in [0.25, 0.3) is 0 Å². The molecular formula is C8H9BrN4. The zero-order valence-electron chi connectivity index (χ0n) is 7.37. The molecule has 2 aromatic rings. The summed E-state index contributed by atoms with van der Waals surface area (Å²) in [4.78, 5) is 8.38. The second kappa shape index (κ2) is 2.70. The standard InChI is InChI=1S/C8H9BrN4/c1-4-5(2)13-3-6(9)12-7(10)8(13)11-4/h3H,1-2H3,(H2,10,12). The topological polar surface area (TPSA) is 56.2 Å². The van der Waals surface area contributed by atoms with Crippen molar-refractivity contribution in [2.45, 2.75) is 13.8 Å². The summed E-state index contributed by atoms with van der Waals surface area (Å²) in [6, 6.07) is 0. The second-order valence-corrected chi connectivity index (χ2v) is 3.74. The molecule has 0 atom stereocenters. The minimum atomic E-state index is 0.450. The number of aryl methyl sites for hydroxylation is 2. The van der Waals surface area contributed by atoms with Gasteiger partial charge in [-0.25, -0.2) is 9.97 Å². The van der Waals surface area contributed by atoms with Gasteiger partial charge < -0.3 is 5.73 Å². The molecule has 0 amide bonds. The highest BCUT2D eigenvalue weighted by Gasteiger charge is 2.08. The van der Waals surface area contributed by atoms with Crippen molar-refractivity contribution in [3.05, 3.63) is 22.2 Å². The third kappa shape index (κ3) is 1.19. The minimum Gasteiger partial charge on any atom is -0.381 e. The number of aromatic nitrogens is 3. The van der Waals surface area contributed by atoms with Gasteiger partial charge in [-0.3, -0.25) is 4.40 Å². The average molecular weight is 241 g/mol. The van der Waals surface area contributed by atoms with Gasteiger partial charge in [0.1, 0.15) is 4.60 Å². The Hall–Kier alpha value is -1.10. The Morgan fingerprint density at radius 1 is 1.38 bits per heavy atom. The lowest BCUT2D eigenvalue weighted by molar-refractivity contribution is 1.05. The van der Waals surface area contributed by atoms with Crippen molar-refractivity contribution < 1.29 is 0 Å². The number of halogens is 1. The van der Waals surface area contributed by atoms with Gasteiger partial charge in [0.05, 0.1) is 5.69 Å². The number of nitrogens with two attached hydrogens (primary N) is 1. The van der Waals surface area contributed by atoms with Crippen molar-refractivity contribution in [2.75, 3.05) is 5.73 Å². The zero-order valence-corrected chi connectivity index (χ0v) is 8.96. The summed E-state index contributed by atoms with van der Waals surface area (Å²) in [5.41, 5.74) is 8.50. The number of imidazole rings is 1. The molecule has 0 aliphatic heterocycles. The summed E-state index contributed by atoms with van der Waals surface area (Å²) in [5, 5.41) is 0. The van der Waals surface area contributed by atoms with E-state index in [1.807, 2.05) is 24.4 Å². The number of hydrogen-bond acceptors (Lipinski definition) is 3. The molecule has 2 N–H and O–H groups in total. The molecule has 0 unspecified atom stereocenters. The first-order chi connectivity index (χ1) is 6.09. The first-order valence-electron chi connectivity index (χ1n) is 3.87. The number of fused-ring (bicyclic) bond motifs is 1. The number of hydrogen-bond donors (Lipinski definition) is 1. The highest BCUT2D eigenvalue weighted by molar-refractivity contribution is 9.10. The van der Waals surface area contributed by atoms with Crippen LogP contribution in [0.5, 0.6) is 0 Å². The fraction of sp³-hybridized carbons (Fsp3) is 0.250. The molecule has 13 heavy (non-hydrogen) atoms. The molecule has 0 aliphatic carbocycles. The summed E-state index contributed by atoms with van der Waals surface area (Å²) < 4.78 is 2.65. The van der Waals surface area contributed by atoms with E-state index in [4.69, 9.17) is 5.73 Å². The Balaban J connectivity index is 2.94. The summed E-state index contributed by atoms with van der Waals surface area (Å²) >= 11 is 3.29. The number of nitrogens with zero attached hydrogens (tertiary/aromatic N) is 3. The summed E-state index contributed by atoms with van der Waals surface area (Å²) in [6.45, 7) is 3.96. The molecule has 0 spiro atoms. The van der Waals surface area contributed by atoms with Gasteiger partial charge >= 0.3 is 0 Å². The summed E-state index contributed by atoms with van der Waals surface area (Å²) in [5.74, 6) is 0.450. The Kier molecular flexibility index (Phi) is 1.76. The summed E-state index contributed by atoms with van der Waals surface area (Å²) in [7, 11) is 0. The van der Waals surface area contributed by atoms with E-state index < -0.39 is 0 Å². The molecule has 0 bridgehead atoms. The Morgan fingerprint density at radius 2 is 2.08 bits per heavy atom. The lowest BCUT2D eigenvalue weighted by atomic mass is 10.4. The van der Waals surface area contributed by atoms with Crippen LogP contribution in [0.25, 0.3) is 5.65 Å². The quantitative estimate of drug-likeness (QED) is 0.763. The minimum absolute atomic E-state index is 0.450. The van der Waals surface area contributed by atoms with Gasteiger partial charge in [-0.2, -0.15) is 0 Å². The van der Waals surface area contributed by atoms with E-state index in [0.29, 0.717) is 5.82 Å². The predicted octanol–water partition coefficient (Wildman–Crippen LogP) is 1.69. The highest BCUT2D eigenvalue weighted by Crippen LogP contribution is 2.18. The van der Waals surface area contributed by atoms with Crippen molar-refractivity contribution in [3.63, 3.8) is 0 Å². The molecule has 4 nitrogen and oxygen atoms in total. The molecule has 0 saturated heterocycles. The van der Waals surface area contributed by atoms with Crippen LogP contribution in [0, 0.1) is 13.8 Å². The predicted molar refractivity (Wildman–Crippen MR) is 54.6 cm³/mol. The maximum Gasteiger partial charge on any atom is 0.180 e. The third-order valence-electron chi connectivity index (χ3n) is 2.08. The zero-order chi connectivity index (χ0) is 9.59. The van der Waals surface area contributed by atoms with Crippen LogP contribution in [0.3, 0.4) is 0 Å². The molecule has 2 aromatic heterocycles. The summed E-state index contributed by atoms with van der Waals surface area (Å²) in [6.07, 6.45) is 1.86. The molecule has 68 valence electrons. The maximum atomic E-state index is 5.71. The van der Waals surface area contributed by atoms with Crippen molar-refractivity contribution >= 4 is 27.4 Å². The fourth-order valence-corrected chi connectivity index (χ4v) is 1.66. The molecule has 0 aromatic carbocycles. The van der Waals surface area contributed by atoms with Crippen LogP contribution in [0.15, 0.2) is 10.8 Å². The molecule has 0 fully saturated rings. The first-order valence-corrected chi connectivity index (χ1v) is 4.66. The number of anilines is 1. The van der Waals surface area contributed by atoms with E-state index in [2.05, 4.69) is 25.9 Å². The second-order valence-electron chi connectivity index (χ2n) is 2.93. The number of nitrogen functional groups attached to an aromatic ring is 1. The van der Waals surface area contributed by atoms with Gasteiger partial charge in [-0.15, -0.1) is 0 Å². The van der Waals surface area contributed by atoms with Crippen LogP contribution < -0.4 is 5.73 Å². The van der Waals surface area contributed by atoms with Crippen molar-refractivity contribution in [1.29, 1.82) is 0 Å². The van der Waals surface area contributed by atoms with Crippen molar-refractivity contribution in [2.24, 2.45) is 0 Å². The maximum absolute atomic E-state index is 5.71. The van der Waals surface area contributed by atoms with Crippen LogP contribution in [0.1, 0.15) is 11.4 Å². The lowest BCUT2D eigenvalue weighted by Gasteiger charge is -1.99. The highest BCUT2D eigenvalue weighted by atomic mass is 79.9. The van der Waals surface area contributed by atoms with Crippen LogP contribution in [-0.2, 0) is 0 Å². The van der Waals surface area contributed by atoms with Crippen molar-refractivity contribution in [1.82, 2.24) is 14.4 Å². The van der Waals surface area contributed by atoms with E-state index in [-0.39, 0.29) is 0 Å². The molecule has 0 radical (unpaired) electrons. The normalized spacial score (nSPS) is 11.0. The third-order valence-corrected chi connectivity index (χ3v) is 2.46. The van der Waals surface area contributed by atoms with Crippen LogP contribution >= 0.6 is 15.9 Å². The lowest BCUT2D eigenvalue weighted by Crippen LogP contribution is -1.97. The molecular weight excluding hydrogens is 232 g/mol. The average Bonchev–Trinajstić information content (AvgIpc) is 2.32. The Bertz CT molecular complexity index is 474. The van der Waals surface area contributed by atoms with Gasteiger partial charge in [-0.1, -0.05) is 0 Å². The van der Waals surface area contributed by atoms with Gasteiger partial charge in [-0.05, 0) is 29.8 Å². The molecule has 0 aliphatic rings. The molecule has 5 heteroatoms. The SMILES string of the molecule is Cc1nc2c(N)nc(Br)cn2c1C. The monoisotopic (exact) mass is 240 g/mol. The Labute approximate surface area is 83.9 Å². The molecule has 0 saturated carbocycles. The van der Waals surface area contributed by atoms with E-state index in [9.17, 15) is 0 Å². The largest absolute Gasteiger partial charge is 0.381 e. The number of rotatable bonds is 0. The van der Waals surface area contributed by atoms with E-state index in [1.54, 1.807) is 0 Å². The van der Waals surface area contributed by atoms with Gasteiger partial charge in [0, 0.05) is 11.9 Å². The smallest absolute Gasteiger partial charge is 0.180 e. The van der Waals surface area contributed by atoms with E-state index in [0.717, 1.165) is 21.6 Å². The van der Waals surface area contributed by atoms with Crippen molar-refractivity contribution in [3.8, 4) is 0 Å². The van der Waals surface area contributed by atoms with E-state index in [1.165, 1.54) is 0 Å². The Morgan fingerprint density at radius 3 is 2.77 bits per heavy atom. The molecule has 2 rings (SSSR count). The van der Waals surface area contributed by atoms with Crippen LogP contribution in [0.2, 0.25) is 0 Å². The van der Waals surface area contributed by atoms with Gasteiger partial charge in [0.15, 0.2) is 11.5 Å². The van der Waals surface area contributed by atoms with Gasteiger partial charge in [0.2, 0.25) is 0 Å². The molecule has 2 heterocycles.